The number of nitro benzene ring substituents is 1. The van der Waals surface area contributed by atoms with Gasteiger partial charge < -0.3 is 5.73 Å². The van der Waals surface area contributed by atoms with E-state index in [1.807, 2.05) is 0 Å². The fraction of sp³-hybridized carbons (Fsp3) is 0.455. The SMILES string of the molecule is NC1CSCC1Cc1ccc(Cl)cc1[N+](=O)[O-]. The van der Waals surface area contributed by atoms with Crippen LogP contribution in [0.3, 0.4) is 0 Å². The second-order valence-corrected chi connectivity index (χ2v) is 5.71. The summed E-state index contributed by atoms with van der Waals surface area (Å²) in [7, 11) is 0. The molecule has 1 aromatic carbocycles. The second-order valence-electron chi connectivity index (χ2n) is 4.20. The minimum absolute atomic E-state index is 0.0987. The predicted molar refractivity (Wildman–Crippen MR) is 70.6 cm³/mol. The molecule has 1 aliphatic rings. The van der Waals surface area contributed by atoms with E-state index >= 15 is 0 Å². The van der Waals surface area contributed by atoms with Crippen LogP contribution < -0.4 is 5.73 Å². The summed E-state index contributed by atoms with van der Waals surface area (Å²) in [6, 6.07) is 4.97. The Balaban J connectivity index is 2.22. The summed E-state index contributed by atoms with van der Waals surface area (Å²) in [5, 5.41) is 11.3. The van der Waals surface area contributed by atoms with Gasteiger partial charge in [0.05, 0.1) is 4.92 Å². The topological polar surface area (TPSA) is 69.2 Å². The lowest BCUT2D eigenvalue weighted by Crippen LogP contribution is -2.29. The Labute approximate surface area is 109 Å². The van der Waals surface area contributed by atoms with Crippen molar-refractivity contribution in [1.82, 2.24) is 0 Å². The molecule has 4 nitrogen and oxygen atoms in total. The molecule has 0 aliphatic carbocycles. The maximum atomic E-state index is 10.9. The smallest absolute Gasteiger partial charge is 0.274 e. The lowest BCUT2D eigenvalue weighted by atomic mass is 9.94. The number of rotatable bonds is 3. The number of nitro groups is 1. The molecule has 1 aliphatic heterocycles. The van der Waals surface area contributed by atoms with Crippen molar-refractivity contribution in [3.63, 3.8) is 0 Å². The summed E-state index contributed by atoms with van der Waals surface area (Å²) in [4.78, 5) is 10.6. The quantitative estimate of drug-likeness (QED) is 0.678. The van der Waals surface area contributed by atoms with Gasteiger partial charge in [0, 0.05) is 28.4 Å². The van der Waals surface area contributed by atoms with Crippen LogP contribution >= 0.6 is 23.4 Å². The first-order chi connectivity index (χ1) is 8.08. The van der Waals surface area contributed by atoms with E-state index in [1.54, 1.807) is 23.9 Å². The Hall–Kier alpha value is -0.780. The molecule has 2 unspecified atom stereocenters. The van der Waals surface area contributed by atoms with Crippen molar-refractivity contribution in [3.05, 3.63) is 38.9 Å². The summed E-state index contributed by atoms with van der Waals surface area (Å²) in [5.41, 5.74) is 6.79. The summed E-state index contributed by atoms with van der Waals surface area (Å²) in [6.45, 7) is 0. The van der Waals surface area contributed by atoms with Gasteiger partial charge in [0.15, 0.2) is 0 Å². The summed E-state index contributed by atoms with van der Waals surface area (Å²) in [6.07, 6.45) is 0.654. The van der Waals surface area contributed by atoms with E-state index in [2.05, 4.69) is 0 Å². The fourth-order valence-corrected chi connectivity index (χ4v) is 3.50. The molecule has 6 heteroatoms. The minimum Gasteiger partial charge on any atom is -0.327 e. The predicted octanol–water partition coefficient (Wildman–Crippen LogP) is 2.48. The molecule has 1 fully saturated rings. The van der Waals surface area contributed by atoms with E-state index < -0.39 is 0 Å². The van der Waals surface area contributed by atoms with E-state index in [1.165, 1.54) is 6.07 Å². The van der Waals surface area contributed by atoms with Crippen LogP contribution in [0, 0.1) is 16.0 Å². The number of benzene rings is 1. The summed E-state index contributed by atoms with van der Waals surface area (Å²) >= 11 is 7.58. The molecule has 0 amide bonds. The zero-order valence-corrected chi connectivity index (χ0v) is 10.7. The zero-order chi connectivity index (χ0) is 12.4. The van der Waals surface area contributed by atoms with E-state index in [0.29, 0.717) is 17.4 Å². The molecule has 17 heavy (non-hydrogen) atoms. The first kappa shape index (κ1) is 12.7. The van der Waals surface area contributed by atoms with Crippen molar-refractivity contribution in [2.24, 2.45) is 11.7 Å². The number of hydrogen-bond acceptors (Lipinski definition) is 4. The lowest BCUT2D eigenvalue weighted by Gasteiger charge is -2.14. The lowest BCUT2D eigenvalue weighted by molar-refractivity contribution is -0.385. The van der Waals surface area contributed by atoms with E-state index in [9.17, 15) is 10.1 Å². The van der Waals surface area contributed by atoms with Crippen LogP contribution in [0.4, 0.5) is 5.69 Å². The molecule has 2 N–H and O–H groups in total. The number of thioether (sulfide) groups is 1. The van der Waals surface area contributed by atoms with E-state index in [4.69, 9.17) is 17.3 Å². The van der Waals surface area contributed by atoms with E-state index in [0.717, 1.165) is 17.1 Å². The molecular formula is C11H13ClN2O2S. The third-order valence-corrected chi connectivity index (χ3v) is 4.49. The molecule has 0 bridgehead atoms. The normalized spacial score (nSPS) is 23.9. The summed E-state index contributed by atoms with van der Waals surface area (Å²) < 4.78 is 0. The van der Waals surface area contributed by atoms with Crippen molar-refractivity contribution < 1.29 is 4.92 Å². The average molecular weight is 273 g/mol. The molecule has 1 heterocycles. The van der Waals surface area contributed by atoms with Crippen LogP contribution in [-0.2, 0) is 6.42 Å². The van der Waals surface area contributed by atoms with Gasteiger partial charge in [0.1, 0.15) is 0 Å². The van der Waals surface area contributed by atoms with Gasteiger partial charge in [0.25, 0.3) is 5.69 Å². The highest BCUT2D eigenvalue weighted by Crippen LogP contribution is 2.30. The van der Waals surface area contributed by atoms with Gasteiger partial charge in [-0.05, 0) is 24.2 Å². The Morgan fingerprint density at radius 1 is 1.53 bits per heavy atom. The molecule has 0 spiro atoms. The van der Waals surface area contributed by atoms with Crippen molar-refractivity contribution >= 4 is 29.1 Å². The van der Waals surface area contributed by atoms with Crippen molar-refractivity contribution in [1.29, 1.82) is 0 Å². The van der Waals surface area contributed by atoms with Gasteiger partial charge in [0.2, 0.25) is 0 Å². The maximum absolute atomic E-state index is 10.9. The number of nitrogens with two attached hydrogens (primary N) is 1. The molecule has 92 valence electrons. The molecule has 1 aromatic rings. The molecular weight excluding hydrogens is 260 g/mol. The van der Waals surface area contributed by atoms with Crippen LogP contribution in [0.5, 0.6) is 0 Å². The second kappa shape index (κ2) is 5.25. The molecule has 2 rings (SSSR count). The Kier molecular flexibility index (Phi) is 3.91. The van der Waals surface area contributed by atoms with Gasteiger partial charge in [-0.2, -0.15) is 11.8 Å². The highest BCUT2D eigenvalue weighted by Gasteiger charge is 2.27. The zero-order valence-electron chi connectivity index (χ0n) is 9.14. The van der Waals surface area contributed by atoms with Crippen molar-refractivity contribution in [2.75, 3.05) is 11.5 Å². The summed E-state index contributed by atoms with van der Waals surface area (Å²) in [5.74, 6) is 2.23. The molecule has 1 saturated heterocycles. The van der Waals surface area contributed by atoms with Gasteiger partial charge in [-0.15, -0.1) is 0 Å². The van der Waals surface area contributed by atoms with Crippen LogP contribution in [-0.4, -0.2) is 22.5 Å². The third kappa shape index (κ3) is 2.91. The Bertz CT molecular complexity index is 441. The third-order valence-electron chi connectivity index (χ3n) is 2.97. The Morgan fingerprint density at radius 2 is 2.29 bits per heavy atom. The van der Waals surface area contributed by atoms with Crippen molar-refractivity contribution in [3.8, 4) is 0 Å². The number of nitrogens with zero attached hydrogens (tertiary/aromatic N) is 1. The van der Waals surface area contributed by atoms with Crippen LogP contribution in [0.1, 0.15) is 5.56 Å². The first-order valence-electron chi connectivity index (χ1n) is 5.34. The van der Waals surface area contributed by atoms with E-state index in [-0.39, 0.29) is 16.7 Å². The number of hydrogen-bond donors (Lipinski definition) is 1. The molecule has 2 atom stereocenters. The van der Waals surface area contributed by atoms with Crippen LogP contribution in [0.15, 0.2) is 18.2 Å². The van der Waals surface area contributed by atoms with Gasteiger partial charge >= 0.3 is 0 Å². The van der Waals surface area contributed by atoms with Gasteiger partial charge in [-0.1, -0.05) is 17.7 Å². The largest absolute Gasteiger partial charge is 0.327 e. The number of halogens is 1. The van der Waals surface area contributed by atoms with Crippen LogP contribution in [0.25, 0.3) is 0 Å². The highest BCUT2D eigenvalue weighted by atomic mass is 35.5. The molecule has 0 radical (unpaired) electrons. The van der Waals surface area contributed by atoms with Crippen molar-refractivity contribution in [2.45, 2.75) is 12.5 Å². The maximum Gasteiger partial charge on any atom is 0.274 e. The fourth-order valence-electron chi connectivity index (χ4n) is 1.99. The van der Waals surface area contributed by atoms with Crippen LogP contribution in [0.2, 0.25) is 5.02 Å². The van der Waals surface area contributed by atoms with Gasteiger partial charge in [-0.3, -0.25) is 10.1 Å². The standard InChI is InChI=1S/C11H13ClN2O2S/c12-9-2-1-7(11(4-9)14(15)16)3-8-5-17-6-10(8)13/h1-2,4,8,10H,3,5-6,13H2. The monoisotopic (exact) mass is 272 g/mol. The van der Waals surface area contributed by atoms with Gasteiger partial charge in [-0.25, -0.2) is 0 Å². The molecule has 0 aromatic heterocycles. The average Bonchev–Trinajstić information content (AvgIpc) is 2.67. The Morgan fingerprint density at radius 3 is 2.88 bits per heavy atom. The molecule has 0 saturated carbocycles. The first-order valence-corrected chi connectivity index (χ1v) is 6.87. The minimum atomic E-state index is -0.380. The highest BCUT2D eigenvalue weighted by molar-refractivity contribution is 7.99.